The molecule has 6 heteroatoms. The second-order valence-corrected chi connectivity index (χ2v) is 10.0. The van der Waals surface area contributed by atoms with Crippen molar-refractivity contribution in [1.82, 2.24) is 0 Å². The Balaban J connectivity index is 1.75. The Hall–Kier alpha value is -2.20. The van der Waals surface area contributed by atoms with E-state index in [9.17, 15) is 0 Å². The molecule has 3 aromatic carbocycles. The maximum atomic E-state index is 6.16. The molecule has 0 atom stereocenters. The van der Waals surface area contributed by atoms with Gasteiger partial charge in [0.25, 0.3) is 0 Å². The zero-order valence-corrected chi connectivity index (χ0v) is 21.9. The lowest BCUT2D eigenvalue weighted by Crippen LogP contribution is -2.16. The average molecular weight is 650 g/mol. The third-order valence-electron chi connectivity index (χ3n) is 5.64. The molecular weight excluding hydrogens is 630 g/mol. The normalized spacial score (nSPS) is 14.9. The van der Waals surface area contributed by atoms with Crippen LogP contribution in [0.5, 0.6) is 23.0 Å². The maximum Gasteiger partial charge on any atom is 0.128 e. The van der Waals surface area contributed by atoms with Crippen LogP contribution in [-0.2, 0) is 0 Å². The summed E-state index contributed by atoms with van der Waals surface area (Å²) < 4.78 is 25.4. The zero-order valence-electron chi connectivity index (χ0n) is 17.6. The summed E-state index contributed by atoms with van der Waals surface area (Å²) in [5.74, 6) is 3.42. The van der Waals surface area contributed by atoms with Crippen LogP contribution >= 0.6 is 45.2 Å². The van der Waals surface area contributed by atoms with Crippen LogP contribution in [0.1, 0.15) is 22.3 Å². The van der Waals surface area contributed by atoms with Crippen LogP contribution in [0.2, 0.25) is 0 Å². The molecule has 0 radical (unpaired) electrons. The smallest absolute Gasteiger partial charge is 0.128 e. The molecule has 3 aromatic rings. The summed E-state index contributed by atoms with van der Waals surface area (Å²) in [5, 5.41) is 0. The van der Waals surface area contributed by atoms with Crippen molar-refractivity contribution < 1.29 is 18.9 Å². The fourth-order valence-electron chi connectivity index (χ4n) is 4.12. The van der Waals surface area contributed by atoms with Crippen LogP contribution in [0.3, 0.4) is 0 Å². The fraction of sp³-hybridized carbons (Fsp3) is 0.154. The molecule has 2 heterocycles. The van der Waals surface area contributed by atoms with Gasteiger partial charge in [-0.15, -0.1) is 0 Å². The summed E-state index contributed by atoms with van der Waals surface area (Å²) in [7, 11) is 3.37. The molecule has 32 heavy (non-hydrogen) atoms. The molecule has 0 saturated carbocycles. The van der Waals surface area contributed by atoms with Crippen LogP contribution in [0, 0.1) is 0 Å². The lowest BCUT2D eigenvalue weighted by molar-refractivity contribution is 0.343. The molecule has 0 bridgehead atoms. The molecule has 4 nitrogen and oxygen atoms in total. The Bertz CT molecular complexity index is 1140. The Kier molecular flexibility index (Phi) is 6.07. The van der Waals surface area contributed by atoms with Gasteiger partial charge >= 0.3 is 0 Å². The minimum atomic E-state index is 0.549. The molecule has 0 saturated heterocycles. The molecule has 2 aliphatic heterocycles. The minimum absolute atomic E-state index is 0.549. The van der Waals surface area contributed by atoms with Crippen molar-refractivity contribution >= 4 is 56.3 Å². The topological polar surface area (TPSA) is 36.9 Å². The molecule has 0 fully saturated rings. The number of rotatable bonds is 4. The van der Waals surface area contributed by atoms with Crippen molar-refractivity contribution in [2.45, 2.75) is 0 Å². The summed E-state index contributed by atoms with van der Waals surface area (Å²) >= 11 is 4.79. The third kappa shape index (κ3) is 3.77. The van der Waals surface area contributed by atoms with Crippen molar-refractivity contribution in [2.75, 3.05) is 27.4 Å². The number of fused-ring (bicyclic) bond motifs is 3. The molecule has 162 valence electrons. The summed E-state index contributed by atoms with van der Waals surface area (Å²) in [6.07, 6.45) is 0. The van der Waals surface area contributed by atoms with E-state index in [1.807, 2.05) is 36.4 Å². The van der Waals surface area contributed by atoms with Gasteiger partial charge in [-0.2, -0.15) is 0 Å². The number of hydrogen-bond acceptors (Lipinski definition) is 4. The molecule has 5 rings (SSSR count). The van der Waals surface area contributed by atoms with Crippen molar-refractivity contribution in [2.24, 2.45) is 0 Å². The largest absolute Gasteiger partial charge is 0.497 e. The van der Waals surface area contributed by atoms with E-state index in [2.05, 4.69) is 69.4 Å². The first kappa shape index (κ1) is 21.6. The highest BCUT2D eigenvalue weighted by molar-refractivity contribution is 14.1. The van der Waals surface area contributed by atoms with Crippen LogP contribution in [-0.4, -0.2) is 27.4 Å². The minimum Gasteiger partial charge on any atom is -0.497 e. The highest BCUT2D eigenvalue weighted by Gasteiger charge is 2.31. The van der Waals surface area contributed by atoms with Crippen molar-refractivity contribution in [1.29, 1.82) is 0 Å². The van der Waals surface area contributed by atoms with Crippen molar-refractivity contribution in [3.8, 4) is 23.0 Å². The molecule has 0 N–H and O–H groups in total. The lowest BCUT2D eigenvalue weighted by atomic mass is 9.85. The van der Waals surface area contributed by atoms with E-state index in [1.165, 1.54) is 11.1 Å². The Morgan fingerprint density at radius 1 is 0.594 bits per heavy atom. The summed E-state index contributed by atoms with van der Waals surface area (Å²) in [6, 6.07) is 20.4. The Morgan fingerprint density at radius 2 is 0.969 bits per heavy atom. The van der Waals surface area contributed by atoms with Crippen molar-refractivity contribution in [3.05, 3.63) is 90.1 Å². The van der Waals surface area contributed by atoms with Gasteiger partial charge in [-0.1, -0.05) is 24.3 Å². The predicted octanol–water partition coefficient (Wildman–Crippen LogP) is 6.88. The second-order valence-electron chi connectivity index (χ2n) is 7.41. The molecule has 2 aliphatic rings. The fourth-order valence-corrected chi connectivity index (χ4v) is 5.59. The molecule has 0 aromatic heterocycles. The van der Waals surface area contributed by atoms with E-state index in [4.69, 9.17) is 18.9 Å². The van der Waals surface area contributed by atoms with Crippen molar-refractivity contribution in [3.63, 3.8) is 0 Å². The van der Waals surface area contributed by atoms with Crippen LogP contribution in [0.15, 0.2) is 67.8 Å². The SMILES string of the molecule is COc1ccc(C2=C(I)COc3ccc4c(c32)C(c2ccc(OC)cc2)=C(I)CO4)cc1. The zero-order chi connectivity index (χ0) is 22.2. The maximum absolute atomic E-state index is 6.16. The van der Waals surface area contributed by atoms with Crippen LogP contribution < -0.4 is 18.9 Å². The number of halogens is 2. The number of ether oxygens (including phenoxy) is 4. The van der Waals surface area contributed by atoms with Gasteiger partial charge in [0.05, 0.1) is 14.2 Å². The van der Waals surface area contributed by atoms with Crippen LogP contribution in [0.4, 0.5) is 0 Å². The number of hydrogen-bond donors (Lipinski definition) is 0. The molecule has 0 amide bonds. The van der Waals surface area contributed by atoms with E-state index < -0.39 is 0 Å². The van der Waals surface area contributed by atoms with E-state index >= 15 is 0 Å². The monoisotopic (exact) mass is 650 g/mol. The molecular formula is C26H20I2O4. The van der Waals surface area contributed by atoms with E-state index in [0.29, 0.717) is 13.2 Å². The first-order chi connectivity index (χ1) is 15.6. The van der Waals surface area contributed by atoms with Gasteiger partial charge in [-0.25, -0.2) is 0 Å². The summed E-state index contributed by atoms with van der Waals surface area (Å²) in [4.78, 5) is 0. The first-order valence-corrected chi connectivity index (χ1v) is 12.3. The van der Waals surface area contributed by atoms with Gasteiger partial charge in [0.2, 0.25) is 0 Å². The molecule has 0 spiro atoms. The number of methoxy groups -OCH3 is 2. The van der Waals surface area contributed by atoms with Gasteiger partial charge in [-0.05, 0) is 92.7 Å². The highest BCUT2D eigenvalue weighted by atomic mass is 127. The highest BCUT2D eigenvalue weighted by Crippen LogP contribution is 2.50. The van der Waals surface area contributed by atoms with Gasteiger partial charge < -0.3 is 18.9 Å². The molecule has 0 aliphatic carbocycles. The summed E-state index contributed by atoms with van der Waals surface area (Å²) in [5.41, 5.74) is 6.75. The molecule has 0 unspecified atom stereocenters. The van der Waals surface area contributed by atoms with Crippen LogP contribution in [0.25, 0.3) is 11.1 Å². The van der Waals surface area contributed by atoms with Gasteiger partial charge in [-0.3, -0.25) is 0 Å². The average Bonchev–Trinajstić information content (AvgIpc) is 2.84. The third-order valence-corrected chi connectivity index (χ3v) is 7.34. The lowest BCUT2D eigenvalue weighted by Gasteiger charge is -2.30. The second kappa shape index (κ2) is 8.97. The summed E-state index contributed by atoms with van der Waals surface area (Å²) in [6.45, 7) is 1.10. The Morgan fingerprint density at radius 3 is 1.31 bits per heavy atom. The van der Waals surface area contributed by atoms with E-state index in [0.717, 1.165) is 52.4 Å². The van der Waals surface area contributed by atoms with Gasteiger partial charge in [0, 0.05) is 29.4 Å². The van der Waals surface area contributed by atoms with E-state index in [1.54, 1.807) is 14.2 Å². The predicted molar refractivity (Wildman–Crippen MR) is 144 cm³/mol. The van der Waals surface area contributed by atoms with Gasteiger partial charge in [0.1, 0.15) is 36.2 Å². The number of benzene rings is 3. The van der Waals surface area contributed by atoms with Gasteiger partial charge in [0.15, 0.2) is 0 Å². The quantitative estimate of drug-likeness (QED) is 0.289. The first-order valence-electron chi connectivity index (χ1n) is 10.1. The van der Waals surface area contributed by atoms with E-state index in [-0.39, 0.29) is 0 Å². The Labute approximate surface area is 214 Å². The standard InChI is InChI=1S/C26H20I2O4/c1-29-17-7-3-15(4-8-17)23-19(27)13-31-21-11-12-22-26(25(21)23)24(20(28)14-32-22)16-5-9-18(30-2)10-6-16/h3-12H,13-14H2,1-2H3.